The molecule has 8 heavy (non-hydrogen) atoms. The second-order valence-electron chi connectivity index (χ2n) is 0.410. The number of carbonyl (C=O) groups excluding carboxylic acids is 1. The molecule has 2 nitrogen and oxygen atoms in total. The van der Waals surface area contributed by atoms with Crippen LogP contribution in [-0.2, 0) is 9.23 Å². The maximum atomic E-state index is 9.09. The van der Waals surface area contributed by atoms with E-state index in [1.807, 2.05) is 0 Å². The molecule has 7 heteroatoms. The molecular formula is CCl4O2S. The van der Waals surface area contributed by atoms with Crippen molar-refractivity contribution in [2.24, 2.45) is 0 Å². The minimum atomic E-state index is -1.67. The zero-order valence-corrected chi connectivity index (χ0v) is 7.08. The highest BCUT2D eigenvalue weighted by Crippen LogP contribution is 1.89. The summed E-state index contributed by atoms with van der Waals surface area (Å²) in [5.41, 5.74) is 0. The molecule has 0 aromatic rings. The molecule has 0 aromatic carbocycles. The van der Waals surface area contributed by atoms with Crippen LogP contribution < -0.4 is 0 Å². The fraction of sp³-hybridized carbons (Fsp3) is 0. The lowest BCUT2D eigenvalue weighted by Crippen LogP contribution is -1.46. The van der Waals surface area contributed by atoms with Crippen molar-refractivity contribution in [2.75, 3.05) is 0 Å². The van der Waals surface area contributed by atoms with Gasteiger partial charge in [-0.15, -0.1) is 0 Å². The Morgan fingerprint density at radius 2 is 1.25 bits per heavy atom. The Balaban J connectivity index is 0. The molecule has 0 saturated carbocycles. The van der Waals surface area contributed by atoms with Crippen molar-refractivity contribution >= 4 is 58.5 Å². The van der Waals surface area contributed by atoms with E-state index in [-0.39, 0.29) is 0 Å². The van der Waals surface area contributed by atoms with Crippen molar-refractivity contribution in [1.82, 2.24) is 0 Å². The summed E-state index contributed by atoms with van der Waals surface area (Å²) in [6, 6.07) is 0. The lowest BCUT2D eigenvalue weighted by atomic mass is 11.8. The maximum Gasteiger partial charge on any atom is 0.313 e. The van der Waals surface area contributed by atoms with E-state index in [4.69, 9.17) is 9.00 Å². The Morgan fingerprint density at radius 3 is 1.25 bits per heavy atom. The Hall–Kier alpha value is 0.980. The van der Waals surface area contributed by atoms with Crippen molar-refractivity contribution in [3.8, 4) is 0 Å². The molecule has 0 spiro atoms. The molecule has 0 aromatic heterocycles. The molecule has 50 valence electrons. The highest BCUT2D eigenvalue weighted by Gasteiger charge is 1.72. The van der Waals surface area contributed by atoms with Crippen LogP contribution in [0, 0.1) is 0 Å². The smallest absolute Gasteiger partial charge is 0.262 e. The maximum absolute atomic E-state index is 9.09. The molecule has 0 unspecified atom stereocenters. The van der Waals surface area contributed by atoms with Gasteiger partial charge in [0.05, 0.1) is 0 Å². The minimum absolute atomic E-state index is 0.889. The summed E-state index contributed by atoms with van der Waals surface area (Å²) in [6.45, 7) is 0. The van der Waals surface area contributed by atoms with Crippen LogP contribution in [0.3, 0.4) is 0 Å². The van der Waals surface area contributed by atoms with Gasteiger partial charge in [-0.1, -0.05) is 0 Å². The van der Waals surface area contributed by atoms with Gasteiger partial charge < -0.3 is 0 Å². The summed E-state index contributed by atoms with van der Waals surface area (Å²) >= 11 is 8.80. The number of rotatable bonds is 0. The van der Waals surface area contributed by atoms with Gasteiger partial charge in [0.1, 0.15) is 0 Å². The van der Waals surface area contributed by atoms with Crippen LogP contribution in [0.1, 0.15) is 0 Å². The average molecular weight is 218 g/mol. The van der Waals surface area contributed by atoms with Gasteiger partial charge in [0, 0.05) is 21.4 Å². The lowest BCUT2D eigenvalue weighted by Gasteiger charge is -1.50. The highest BCUT2D eigenvalue weighted by molar-refractivity contribution is 8.26. The Morgan fingerprint density at radius 1 is 1.25 bits per heavy atom. The Labute approximate surface area is 67.5 Å². The van der Waals surface area contributed by atoms with Crippen LogP contribution in [0.5, 0.6) is 0 Å². The first-order valence-corrected chi connectivity index (χ1v) is 4.62. The molecule has 0 atom stereocenters. The fourth-order valence-electron chi connectivity index (χ4n) is 0. The monoisotopic (exact) mass is 216 g/mol. The molecule has 0 aliphatic heterocycles. The quantitative estimate of drug-likeness (QED) is 0.585. The van der Waals surface area contributed by atoms with Gasteiger partial charge in [-0.3, -0.25) is 4.79 Å². The Bertz CT molecular complexity index is 72.0. The van der Waals surface area contributed by atoms with Crippen molar-refractivity contribution in [1.29, 1.82) is 0 Å². The second kappa shape index (κ2) is 7.98. The van der Waals surface area contributed by atoms with Crippen molar-refractivity contribution in [2.45, 2.75) is 0 Å². The van der Waals surface area contributed by atoms with Crippen LogP contribution in [0.15, 0.2) is 0 Å². The topological polar surface area (TPSA) is 34.1 Å². The summed E-state index contributed by atoms with van der Waals surface area (Å²) in [4.78, 5) is 8.98. The van der Waals surface area contributed by atoms with Crippen LogP contribution >= 0.6 is 44.6 Å². The minimum Gasteiger partial charge on any atom is -0.262 e. The van der Waals surface area contributed by atoms with Crippen LogP contribution in [0.2, 0.25) is 0 Å². The van der Waals surface area contributed by atoms with Gasteiger partial charge in [-0.05, 0) is 23.2 Å². The third kappa shape index (κ3) is 260. The van der Waals surface area contributed by atoms with Gasteiger partial charge in [0.2, 0.25) is 9.23 Å². The first-order chi connectivity index (χ1) is 3.46. The van der Waals surface area contributed by atoms with E-state index in [0.717, 1.165) is 0 Å². The molecular weight excluding hydrogens is 218 g/mol. The van der Waals surface area contributed by atoms with Crippen molar-refractivity contribution in [3.05, 3.63) is 0 Å². The molecule has 0 heterocycles. The molecule has 0 fully saturated rings. The van der Waals surface area contributed by atoms with Crippen LogP contribution in [-0.4, -0.2) is 8.91 Å². The molecule has 0 bridgehead atoms. The average Bonchev–Trinajstić information content (AvgIpc) is 1.25. The molecule has 0 aliphatic rings. The van der Waals surface area contributed by atoms with E-state index >= 15 is 0 Å². The third-order valence-corrected chi connectivity index (χ3v) is 0. The fourth-order valence-corrected chi connectivity index (χ4v) is 0. The highest BCUT2D eigenvalue weighted by atomic mass is 36.0. The van der Waals surface area contributed by atoms with Crippen molar-refractivity contribution < 1.29 is 9.00 Å². The van der Waals surface area contributed by atoms with Crippen LogP contribution in [0.25, 0.3) is 0 Å². The largest absolute Gasteiger partial charge is 0.313 e. The standard InChI is InChI=1S/CCl2O.Cl2OS/c2-1(3)4;1-4(2)3. The predicted molar refractivity (Wildman–Crippen MR) is 37.0 cm³/mol. The normalized spacial score (nSPS) is 7.62. The predicted octanol–water partition coefficient (Wildman–Crippen LogP) is 2.63. The van der Waals surface area contributed by atoms with Gasteiger partial charge in [0.15, 0.2) is 0 Å². The summed E-state index contributed by atoms with van der Waals surface area (Å²) in [7, 11) is 7.36. The van der Waals surface area contributed by atoms with E-state index in [1.54, 1.807) is 0 Å². The third-order valence-electron chi connectivity index (χ3n) is 0. The summed E-state index contributed by atoms with van der Waals surface area (Å²) in [6.07, 6.45) is 0. The summed E-state index contributed by atoms with van der Waals surface area (Å²) < 4.78 is 8.20. The SMILES string of the molecule is O=C(Cl)Cl.O=S(Cl)Cl. The summed E-state index contributed by atoms with van der Waals surface area (Å²) in [5.74, 6) is 0. The molecule has 0 amide bonds. The van der Waals surface area contributed by atoms with Gasteiger partial charge in [-0.25, -0.2) is 4.21 Å². The second-order valence-corrected chi connectivity index (χ2v) is 3.81. The van der Waals surface area contributed by atoms with Crippen molar-refractivity contribution in [3.63, 3.8) is 0 Å². The first-order valence-electron chi connectivity index (χ1n) is 1.06. The number of hydrogen-bond acceptors (Lipinski definition) is 2. The molecule has 0 aliphatic carbocycles. The van der Waals surface area contributed by atoms with E-state index in [2.05, 4.69) is 44.6 Å². The first kappa shape index (κ1) is 11.7. The van der Waals surface area contributed by atoms with E-state index in [1.165, 1.54) is 0 Å². The summed E-state index contributed by atoms with van der Waals surface area (Å²) in [5, 5.41) is 0. The molecule has 0 N–H and O–H groups in total. The van der Waals surface area contributed by atoms with Crippen LogP contribution in [0.4, 0.5) is 4.79 Å². The van der Waals surface area contributed by atoms with Gasteiger partial charge in [0.25, 0.3) is 0 Å². The Kier molecular flexibility index (Phi) is 11.7. The van der Waals surface area contributed by atoms with Gasteiger partial charge >= 0.3 is 4.70 Å². The lowest BCUT2D eigenvalue weighted by molar-refractivity contribution is 0.275. The van der Waals surface area contributed by atoms with E-state index in [9.17, 15) is 0 Å². The van der Waals surface area contributed by atoms with Gasteiger partial charge in [-0.2, -0.15) is 0 Å². The molecule has 0 saturated heterocycles. The molecule has 0 rings (SSSR count). The molecule has 0 radical (unpaired) electrons. The number of carbonyl (C=O) groups is 1. The van der Waals surface area contributed by atoms with E-state index in [0.29, 0.717) is 0 Å². The zero-order chi connectivity index (χ0) is 7.15. The number of hydrogen-bond donors (Lipinski definition) is 0. The van der Waals surface area contributed by atoms with E-state index < -0.39 is 13.9 Å². The number of halogens is 4. The zero-order valence-electron chi connectivity index (χ0n) is 3.24.